The molecule has 3 nitrogen and oxygen atoms in total. The van der Waals surface area contributed by atoms with Gasteiger partial charge in [-0.1, -0.05) is 152 Å². The van der Waals surface area contributed by atoms with Crippen LogP contribution >= 0.6 is 11.3 Å². The molecule has 0 saturated heterocycles. The van der Waals surface area contributed by atoms with Crippen molar-refractivity contribution >= 4 is 54.1 Å². The molecule has 4 heterocycles. The lowest BCUT2D eigenvalue weighted by Crippen LogP contribution is -1.92. The van der Waals surface area contributed by atoms with Crippen LogP contribution in [-0.4, -0.2) is 15.0 Å². The number of hydrogen-bond acceptors (Lipinski definition) is 4. The summed E-state index contributed by atoms with van der Waals surface area (Å²) < 4.78 is 1.24. The van der Waals surface area contributed by atoms with Crippen LogP contribution in [0.5, 0.6) is 0 Å². The smallest absolute Gasteiger partial charge is 0.0972 e. The molecule has 0 aliphatic heterocycles. The number of para-hydroxylation sites is 1. The first kappa shape index (κ1) is 29.4. The van der Waals surface area contributed by atoms with Gasteiger partial charge in [0.25, 0.3) is 0 Å². The van der Waals surface area contributed by atoms with Gasteiger partial charge in [0.1, 0.15) is 0 Å². The topological polar surface area (TPSA) is 38.7 Å². The Balaban J connectivity index is 1.19. The van der Waals surface area contributed by atoms with Gasteiger partial charge in [0.2, 0.25) is 0 Å². The van der Waals surface area contributed by atoms with Gasteiger partial charge in [0.15, 0.2) is 0 Å². The molecule has 4 aromatic heterocycles. The van der Waals surface area contributed by atoms with E-state index in [-0.39, 0.29) is 0 Å². The summed E-state index contributed by atoms with van der Waals surface area (Å²) in [4.78, 5) is 17.1. The van der Waals surface area contributed by atoms with Gasteiger partial charge >= 0.3 is 0 Å². The highest BCUT2D eigenvalue weighted by Crippen LogP contribution is 2.50. The fourth-order valence-corrected chi connectivity index (χ4v) is 8.56. The Hall–Kier alpha value is -6.49. The summed E-state index contributed by atoms with van der Waals surface area (Å²) in [5.74, 6) is 0. The Morgan fingerprint density at radius 3 is 1.61 bits per heavy atom. The van der Waals surface area contributed by atoms with Crippen LogP contribution in [0.3, 0.4) is 0 Å². The van der Waals surface area contributed by atoms with Gasteiger partial charge in [-0.3, -0.25) is 0 Å². The Bertz CT molecular complexity index is 2900. The van der Waals surface area contributed by atoms with E-state index in [1.807, 2.05) is 29.5 Å². The van der Waals surface area contributed by atoms with Crippen LogP contribution in [-0.2, 0) is 0 Å². The van der Waals surface area contributed by atoms with Crippen LogP contribution < -0.4 is 0 Å². The second kappa shape index (κ2) is 12.1. The quantitative estimate of drug-likeness (QED) is 0.171. The maximum Gasteiger partial charge on any atom is 0.0972 e. The molecule has 51 heavy (non-hydrogen) atoms. The molecule has 0 aliphatic rings. The van der Waals surface area contributed by atoms with Crippen molar-refractivity contribution < 1.29 is 0 Å². The third kappa shape index (κ3) is 5.08. The fourth-order valence-electron chi connectivity index (χ4n) is 7.19. The molecule has 4 heteroatoms. The van der Waals surface area contributed by atoms with Crippen molar-refractivity contribution in [3.63, 3.8) is 0 Å². The van der Waals surface area contributed by atoms with E-state index in [0.29, 0.717) is 0 Å². The van der Waals surface area contributed by atoms with Crippen molar-refractivity contribution in [2.24, 2.45) is 0 Å². The average Bonchev–Trinajstić information content (AvgIpc) is 3.62. The van der Waals surface area contributed by atoms with Gasteiger partial charge in [-0.25, -0.2) is 15.0 Å². The summed E-state index contributed by atoms with van der Waals surface area (Å²) in [6, 6.07) is 61.8. The lowest BCUT2D eigenvalue weighted by atomic mass is 9.94. The van der Waals surface area contributed by atoms with E-state index in [2.05, 4.69) is 158 Å². The van der Waals surface area contributed by atoms with E-state index in [9.17, 15) is 0 Å². The van der Waals surface area contributed by atoms with Crippen molar-refractivity contribution in [3.05, 3.63) is 176 Å². The normalized spacial score (nSPS) is 11.5. The van der Waals surface area contributed by atoms with Gasteiger partial charge in [-0.15, -0.1) is 11.3 Å². The lowest BCUT2D eigenvalue weighted by molar-refractivity contribution is 1.36. The summed E-state index contributed by atoms with van der Waals surface area (Å²) in [5, 5.41) is 4.49. The van der Waals surface area contributed by atoms with E-state index in [0.717, 1.165) is 61.1 Å². The molecule has 0 fully saturated rings. The SMILES string of the molecule is c1ccc(-c2ccc3ccc4ccc(-c5cccc(-c6nc7ccccc7c7sc(-c8ccccc8)c(-c8ccccc8)c67)c5)nc4c3n2)cc1. The first-order valence-electron chi connectivity index (χ1n) is 17.1. The van der Waals surface area contributed by atoms with Crippen LogP contribution in [0.25, 0.3) is 98.1 Å². The Morgan fingerprint density at radius 2 is 0.922 bits per heavy atom. The molecular formula is C47H29N3S. The third-order valence-electron chi connectivity index (χ3n) is 9.65. The predicted molar refractivity (Wildman–Crippen MR) is 215 cm³/mol. The van der Waals surface area contributed by atoms with Gasteiger partial charge in [0, 0.05) is 53.4 Å². The molecule has 10 aromatic rings. The first-order valence-corrected chi connectivity index (χ1v) is 17.9. The van der Waals surface area contributed by atoms with Gasteiger partial charge in [-0.05, 0) is 35.4 Å². The van der Waals surface area contributed by atoms with E-state index in [4.69, 9.17) is 15.0 Å². The first-order chi connectivity index (χ1) is 25.3. The van der Waals surface area contributed by atoms with E-state index in [1.54, 1.807) is 0 Å². The van der Waals surface area contributed by atoms with Crippen molar-refractivity contribution in [2.75, 3.05) is 0 Å². The highest BCUT2D eigenvalue weighted by Gasteiger charge is 2.22. The molecule has 0 spiro atoms. The Morgan fingerprint density at radius 1 is 0.392 bits per heavy atom. The molecular weight excluding hydrogens is 639 g/mol. The third-order valence-corrected chi connectivity index (χ3v) is 10.9. The van der Waals surface area contributed by atoms with Crippen molar-refractivity contribution in [2.45, 2.75) is 0 Å². The number of nitrogens with zero attached hydrogens (tertiary/aromatic N) is 3. The van der Waals surface area contributed by atoms with Gasteiger partial charge in [-0.2, -0.15) is 0 Å². The Labute approximate surface area is 299 Å². The molecule has 10 rings (SSSR count). The number of aromatic nitrogens is 3. The standard InChI is InChI=1S/C47H29N3S/c1-4-13-30(14-5-1)38-27-25-32-23-24-33-26-28-39(49-45(33)44(32)48-38)35-19-12-20-36(29-35)43-42-41(31-15-6-2-7-16-31)46(34-17-8-3-9-18-34)51-47(42)37-21-10-11-22-40(37)50-43/h1-29H. The summed E-state index contributed by atoms with van der Waals surface area (Å²) in [6.07, 6.45) is 0. The minimum Gasteiger partial charge on any atom is -0.247 e. The molecule has 0 N–H and O–H groups in total. The van der Waals surface area contributed by atoms with Crippen LogP contribution in [0.4, 0.5) is 0 Å². The van der Waals surface area contributed by atoms with Crippen LogP contribution in [0.15, 0.2) is 176 Å². The highest BCUT2D eigenvalue weighted by molar-refractivity contribution is 7.24. The largest absolute Gasteiger partial charge is 0.247 e. The van der Waals surface area contributed by atoms with Gasteiger partial charge in [0.05, 0.1) is 33.6 Å². The zero-order valence-corrected chi connectivity index (χ0v) is 28.3. The van der Waals surface area contributed by atoms with E-state index in [1.165, 1.54) is 37.0 Å². The highest BCUT2D eigenvalue weighted by atomic mass is 32.1. The molecule has 0 amide bonds. The number of benzene rings is 6. The zero-order valence-electron chi connectivity index (χ0n) is 27.5. The summed E-state index contributed by atoms with van der Waals surface area (Å²) in [6.45, 7) is 0. The zero-order chi connectivity index (χ0) is 33.7. The van der Waals surface area contributed by atoms with Crippen molar-refractivity contribution in [3.8, 4) is 55.3 Å². The number of pyridine rings is 3. The molecule has 238 valence electrons. The minimum atomic E-state index is 0.899. The minimum absolute atomic E-state index is 0.899. The number of rotatable bonds is 5. The molecule has 0 bridgehead atoms. The maximum absolute atomic E-state index is 5.41. The molecule has 0 unspecified atom stereocenters. The molecule has 0 radical (unpaired) electrons. The monoisotopic (exact) mass is 667 g/mol. The van der Waals surface area contributed by atoms with Crippen LogP contribution in [0.1, 0.15) is 0 Å². The number of fused-ring (bicyclic) bond motifs is 6. The molecule has 0 saturated carbocycles. The van der Waals surface area contributed by atoms with E-state index >= 15 is 0 Å². The van der Waals surface area contributed by atoms with Crippen LogP contribution in [0, 0.1) is 0 Å². The van der Waals surface area contributed by atoms with Crippen molar-refractivity contribution in [1.29, 1.82) is 0 Å². The summed E-state index contributed by atoms with van der Waals surface area (Å²) in [7, 11) is 0. The summed E-state index contributed by atoms with van der Waals surface area (Å²) >= 11 is 1.85. The second-order valence-electron chi connectivity index (χ2n) is 12.8. The van der Waals surface area contributed by atoms with Gasteiger partial charge < -0.3 is 0 Å². The molecule has 0 atom stereocenters. The summed E-state index contributed by atoms with van der Waals surface area (Å²) in [5.41, 5.74) is 12.4. The second-order valence-corrected chi connectivity index (χ2v) is 13.8. The maximum atomic E-state index is 5.41. The molecule has 0 aliphatic carbocycles. The number of thiophene rings is 1. The van der Waals surface area contributed by atoms with Crippen LogP contribution in [0.2, 0.25) is 0 Å². The average molecular weight is 668 g/mol. The number of hydrogen-bond donors (Lipinski definition) is 0. The van der Waals surface area contributed by atoms with E-state index < -0.39 is 0 Å². The Kier molecular flexibility index (Phi) is 7.00. The molecule has 6 aromatic carbocycles. The van der Waals surface area contributed by atoms with Crippen molar-refractivity contribution in [1.82, 2.24) is 15.0 Å². The predicted octanol–water partition coefficient (Wildman–Crippen LogP) is 12.9. The lowest BCUT2D eigenvalue weighted by Gasteiger charge is -2.12. The fraction of sp³-hybridized carbons (Fsp3) is 0.